The zero-order valence-electron chi connectivity index (χ0n) is 12.0. The third-order valence-electron chi connectivity index (χ3n) is 3.29. The minimum Gasteiger partial charge on any atom is -0.334 e. The smallest absolute Gasteiger partial charge is 0.258 e. The molecule has 0 spiro atoms. The first-order valence-electron chi connectivity index (χ1n) is 6.74. The molecule has 3 rings (SSSR count). The van der Waals surface area contributed by atoms with Crippen LogP contribution in [0.5, 0.6) is 0 Å². The van der Waals surface area contributed by atoms with Gasteiger partial charge in [0.1, 0.15) is 5.69 Å². The summed E-state index contributed by atoms with van der Waals surface area (Å²) in [6.07, 6.45) is 1.80. The van der Waals surface area contributed by atoms with Crippen molar-refractivity contribution in [1.29, 1.82) is 0 Å². The van der Waals surface area contributed by atoms with Gasteiger partial charge in [0, 0.05) is 18.3 Å². The van der Waals surface area contributed by atoms with Crippen LogP contribution in [0.2, 0.25) is 0 Å². The van der Waals surface area contributed by atoms with Crippen LogP contribution in [0.1, 0.15) is 16.7 Å². The van der Waals surface area contributed by atoms with Gasteiger partial charge in [-0.25, -0.2) is 0 Å². The number of nitrogens with zero attached hydrogens (tertiary/aromatic N) is 3. The summed E-state index contributed by atoms with van der Waals surface area (Å²) >= 11 is 0. The van der Waals surface area contributed by atoms with E-state index in [9.17, 15) is 0 Å². The summed E-state index contributed by atoms with van der Waals surface area (Å²) in [6.45, 7) is 4.51. The van der Waals surface area contributed by atoms with Crippen molar-refractivity contribution in [1.82, 2.24) is 15.1 Å². The van der Waals surface area contributed by atoms with E-state index in [4.69, 9.17) is 10.3 Å². The summed E-state index contributed by atoms with van der Waals surface area (Å²) in [7, 11) is 0. The molecule has 2 heterocycles. The summed E-state index contributed by atoms with van der Waals surface area (Å²) < 4.78 is 5.33. The number of benzene rings is 1. The Labute approximate surface area is 122 Å². The highest BCUT2D eigenvalue weighted by Crippen LogP contribution is 2.23. The van der Waals surface area contributed by atoms with Gasteiger partial charge in [-0.2, -0.15) is 4.98 Å². The number of pyridine rings is 1. The van der Waals surface area contributed by atoms with Crippen molar-refractivity contribution in [2.24, 2.45) is 5.73 Å². The molecule has 21 heavy (non-hydrogen) atoms. The van der Waals surface area contributed by atoms with E-state index in [1.54, 1.807) is 6.20 Å². The van der Waals surface area contributed by atoms with Crippen molar-refractivity contribution in [2.75, 3.05) is 0 Å². The summed E-state index contributed by atoms with van der Waals surface area (Å²) in [5, 5.41) is 4.02. The molecular weight excluding hydrogens is 264 g/mol. The number of aromatic nitrogens is 3. The third-order valence-corrected chi connectivity index (χ3v) is 3.29. The lowest BCUT2D eigenvalue weighted by Crippen LogP contribution is -1.95. The third kappa shape index (κ3) is 2.68. The highest BCUT2D eigenvalue weighted by atomic mass is 16.5. The van der Waals surface area contributed by atoms with Crippen LogP contribution in [-0.2, 0) is 6.54 Å². The number of hydrogen-bond acceptors (Lipinski definition) is 5. The van der Waals surface area contributed by atoms with Gasteiger partial charge >= 0.3 is 0 Å². The second-order valence-corrected chi connectivity index (χ2v) is 5.00. The SMILES string of the molecule is Cc1cnc(-c2noc(-c3ccc(CN)cc3)n2)c(C)c1. The van der Waals surface area contributed by atoms with Gasteiger partial charge in [-0.05, 0) is 42.7 Å². The summed E-state index contributed by atoms with van der Waals surface area (Å²) in [6, 6.07) is 9.81. The Morgan fingerprint density at radius 2 is 1.90 bits per heavy atom. The molecule has 0 amide bonds. The fourth-order valence-corrected chi connectivity index (χ4v) is 2.17. The predicted molar refractivity (Wildman–Crippen MR) is 80.3 cm³/mol. The summed E-state index contributed by atoms with van der Waals surface area (Å²) in [4.78, 5) is 8.81. The standard InChI is InChI=1S/C16H16N4O/c1-10-7-11(2)14(18-9-10)15-19-16(21-20-15)13-5-3-12(8-17)4-6-13/h3-7,9H,8,17H2,1-2H3. The Hall–Kier alpha value is -2.53. The molecular formula is C16H16N4O. The van der Waals surface area contributed by atoms with E-state index in [-0.39, 0.29) is 0 Å². The van der Waals surface area contributed by atoms with Crippen molar-refractivity contribution in [2.45, 2.75) is 20.4 Å². The molecule has 0 atom stereocenters. The first-order chi connectivity index (χ1) is 10.2. The Morgan fingerprint density at radius 3 is 2.57 bits per heavy atom. The number of rotatable bonds is 3. The maximum Gasteiger partial charge on any atom is 0.258 e. The Balaban J connectivity index is 1.95. The topological polar surface area (TPSA) is 77.8 Å². The van der Waals surface area contributed by atoms with E-state index >= 15 is 0 Å². The molecule has 0 unspecified atom stereocenters. The van der Waals surface area contributed by atoms with Gasteiger partial charge in [-0.3, -0.25) is 4.98 Å². The molecule has 106 valence electrons. The lowest BCUT2D eigenvalue weighted by atomic mass is 10.1. The zero-order valence-corrected chi connectivity index (χ0v) is 12.0. The molecule has 2 aromatic heterocycles. The second kappa shape index (κ2) is 5.46. The van der Waals surface area contributed by atoms with E-state index in [0.29, 0.717) is 18.3 Å². The molecule has 0 saturated heterocycles. The van der Waals surface area contributed by atoms with Crippen LogP contribution in [0, 0.1) is 13.8 Å². The molecule has 0 saturated carbocycles. The molecule has 2 N–H and O–H groups in total. The highest BCUT2D eigenvalue weighted by Gasteiger charge is 2.13. The van der Waals surface area contributed by atoms with Gasteiger partial charge in [0.15, 0.2) is 0 Å². The number of hydrogen-bond donors (Lipinski definition) is 1. The van der Waals surface area contributed by atoms with Gasteiger partial charge < -0.3 is 10.3 Å². The maximum atomic E-state index is 5.59. The molecule has 0 fully saturated rings. The van der Waals surface area contributed by atoms with E-state index in [0.717, 1.165) is 27.9 Å². The first kappa shape index (κ1) is 13.5. The predicted octanol–water partition coefficient (Wildman–Crippen LogP) is 2.87. The number of aryl methyl sites for hydroxylation is 2. The quantitative estimate of drug-likeness (QED) is 0.798. The van der Waals surface area contributed by atoms with Crippen LogP contribution in [0.4, 0.5) is 0 Å². The van der Waals surface area contributed by atoms with E-state index < -0.39 is 0 Å². The first-order valence-corrected chi connectivity index (χ1v) is 6.74. The van der Waals surface area contributed by atoms with Gasteiger partial charge in [0.2, 0.25) is 5.82 Å². The molecule has 5 nitrogen and oxygen atoms in total. The molecule has 0 radical (unpaired) electrons. The average molecular weight is 280 g/mol. The van der Waals surface area contributed by atoms with Crippen molar-refractivity contribution in [3.63, 3.8) is 0 Å². The minimum absolute atomic E-state index is 0.482. The van der Waals surface area contributed by atoms with Crippen molar-refractivity contribution < 1.29 is 4.52 Å². The van der Waals surface area contributed by atoms with Crippen LogP contribution in [0.3, 0.4) is 0 Å². The largest absolute Gasteiger partial charge is 0.334 e. The second-order valence-electron chi connectivity index (χ2n) is 5.00. The van der Waals surface area contributed by atoms with Gasteiger partial charge in [0.05, 0.1) is 0 Å². The maximum absolute atomic E-state index is 5.59. The van der Waals surface area contributed by atoms with Crippen LogP contribution >= 0.6 is 0 Å². The minimum atomic E-state index is 0.482. The molecule has 0 aliphatic heterocycles. The normalized spacial score (nSPS) is 10.8. The van der Waals surface area contributed by atoms with E-state index in [2.05, 4.69) is 21.2 Å². The monoisotopic (exact) mass is 280 g/mol. The van der Waals surface area contributed by atoms with Crippen LogP contribution < -0.4 is 5.73 Å². The zero-order chi connectivity index (χ0) is 14.8. The van der Waals surface area contributed by atoms with Gasteiger partial charge in [0.25, 0.3) is 5.89 Å². The van der Waals surface area contributed by atoms with Crippen LogP contribution in [0.15, 0.2) is 41.1 Å². The van der Waals surface area contributed by atoms with E-state index in [1.807, 2.05) is 38.1 Å². The van der Waals surface area contributed by atoms with Crippen molar-refractivity contribution >= 4 is 0 Å². The lowest BCUT2D eigenvalue weighted by molar-refractivity contribution is 0.432. The average Bonchev–Trinajstić information content (AvgIpc) is 2.97. The molecule has 0 bridgehead atoms. The molecule has 3 aromatic rings. The number of nitrogens with two attached hydrogens (primary N) is 1. The molecule has 0 aliphatic carbocycles. The summed E-state index contributed by atoms with van der Waals surface area (Å²) in [5.41, 5.74) is 10.4. The fraction of sp³-hybridized carbons (Fsp3) is 0.188. The summed E-state index contributed by atoms with van der Waals surface area (Å²) in [5.74, 6) is 0.987. The fourth-order valence-electron chi connectivity index (χ4n) is 2.17. The van der Waals surface area contributed by atoms with Crippen molar-refractivity contribution in [3.8, 4) is 23.0 Å². The van der Waals surface area contributed by atoms with Gasteiger partial charge in [-0.15, -0.1) is 0 Å². The highest BCUT2D eigenvalue weighted by molar-refractivity contribution is 5.59. The molecule has 0 aliphatic rings. The Kier molecular flexibility index (Phi) is 3.50. The lowest BCUT2D eigenvalue weighted by Gasteiger charge is -2.00. The Morgan fingerprint density at radius 1 is 1.14 bits per heavy atom. The van der Waals surface area contributed by atoms with Crippen molar-refractivity contribution in [3.05, 3.63) is 53.2 Å². The molecule has 5 heteroatoms. The van der Waals surface area contributed by atoms with E-state index in [1.165, 1.54) is 0 Å². The van der Waals surface area contributed by atoms with Crippen LogP contribution in [-0.4, -0.2) is 15.1 Å². The molecule has 1 aromatic carbocycles. The van der Waals surface area contributed by atoms with Crippen LogP contribution in [0.25, 0.3) is 23.0 Å². The Bertz CT molecular complexity index is 762. The van der Waals surface area contributed by atoms with Gasteiger partial charge in [-0.1, -0.05) is 23.4 Å².